The SMILES string of the molecule is FC1=CC=CN2NC(C3c4nc[nH]c4CCN3c3nnc(C(F)(F)C4CCC4)o3)C=C12. The third kappa shape index (κ3) is 2.83. The number of aromatic amines is 1. The van der Waals surface area contributed by atoms with Crippen LogP contribution in [0.4, 0.5) is 19.2 Å². The average Bonchev–Trinajstić information content (AvgIpc) is 3.44. The maximum atomic E-state index is 14.7. The number of hydrogen-bond acceptors (Lipinski definition) is 7. The zero-order valence-corrected chi connectivity index (χ0v) is 16.4. The molecule has 0 radical (unpaired) electrons. The molecule has 0 aromatic carbocycles. The largest absolute Gasteiger partial charge is 0.401 e. The topological polar surface area (TPSA) is 86.1 Å². The Morgan fingerprint density at radius 1 is 1.23 bits per heavy atom. The Morgan fingerprint density at radius 3 is 2.87 bits per heavy atom. The molecule has 8 nitrogen and oxygen atoms in total. The molecule has 2 atom stereocenters. The number of allylic oxidation sites excluding steroid dienone is 3. The van der Waals surface area contributed by atoms with Gasteiger partial charge in [0.05, 0.1) is 29.8 Å². The highest BCUT2D eigenvalue weighted by Gasteiger charge is 2.50. The van der Waals surface area contributed by atoms with Crippen LogP contribution in [-0.2, 0) is 12.3 Å². The lowest BCUT2D eigenvalue weighted by atomic mass is 9.80. The van der Waals surface area contributed by atoms with E-state index in [0.717, 1.165) is 17.8 Å². The van der Waals surface area contributed by atoms with Gasteiger partial charge in [0.2, 0.25) is 0 Å². The fourth-order valence-electron chi connectivity index (χ4n) is 4.59. The Hall–Kier alpha value is -3.08. The van der Waals surface area contributed by atoms with Crippen LogP contribution in [0.2, 0.25) is 0 Å². The lowest BCUT2D eigenvalue weighted by Crippen LogP contribution is -2.47. The van der Waals surface area contributed by atoms with Crippen LogP contribution in [0.3, 0.4) is 0 Å². The molecule has 1 aliphatic carbocycles. The van der Waals surface area contributed by atoms with Crippen LogP contribution in [0.15, 0.2) is 46.7 Å². The van der Waals surface area contributed by atoms with Crippen molar-refractivity contribution in [2.45, 2.75) is 43.7 Å². The lowest BCUT2D eigenvalue weighted by molar-refractivity contribution is -0.114. The normalized spacial score (nSPS) is 25.8. The quantitative estimate of drug-likeness (QED) is 0.769. The third-order valence-electron chi connectivity index (χ3n) is 6.48. The first-order valence-electron chi connectivity index (χ1n) is 10.3. The van der Waals surface area contributed by atoms with Gasteiger partial charge in [-0.05, 0) is 31.1 Å². The van der Waals surface area contributed by atoms with E-state index in [2.05, 4.69) is 25.6 Å². The van der Waals surface area contributed by atoms with Crippen molar-refractivity contribution in [1.29, 1.82) is 0 Å². The first-order valence-corrected chi connectivity index (χ1v) is 10.3. The van der Waals surface area contributed by atoms with Gasteiger partial charge < -0.3 is 14.3 Å². The summed E-state index contributed by atoms with van der Waals surface area (Å²) in [6.45, 7) is 0.464. The number of hydrogen-bond donors (Lipinski definition) is 2. The first-order chi connectivity index (χ1) is 15.0. The van der Waals surface area contributed by atoms with Gasteiger partial charge in [-0.1, -0.05) is 11.5 Å². The van der Waals surface area contributed by atoms with Crippen molar-refractivity contribution < 1.29 is 17.6 Å². The van der Waals surface area contributed by atoms with E-state index in [1.54, 1.807) is 34.6 Å². The summed E-state index contributed by atoms with van der Waals surface area (Å²) in [6, 6.07) is -0.814. The summed E-state index contributed by atoms with van der Waals surface area (Å²) in [6.07, 6.45) is 10.4. The van der Waals surface area contributed by atoms with Gasteiger partial charge in [-0.15, -0.1) is 5.10 Å². The molecule has 31 heavy (non-hydrogen) atoms. The molecule has 2 aromatic heterocycles. The zero-order valence-electron chi connectivity index (χ0n) is 16.4. The second-order valence-corrected chi connectivity index (χ2v) is 8.23. The van der Waals surface area contributed by atoms with Gasteiger partial charge >= 0.3 is 11.9 Å². The van der Waals surface area contributed by atoms with Gasteiger partial charge in [0.15, 0.2) is 0 Å². The highest BCUT2D eigenvalue weighted by atomic mass is 19.3. The standard InChI is InChI=1S/C20H20F3N7O/c21-12-5-2-7-30-15(12)9-14(28-30)17-16-13(24-10-25-16)6-8-29(17)19-27-26-18(31-19)20(22,23)11-3-1-4-11/h2,5,7,9-11,14,17,28H,1,3-4,6,8H2,(H,24,25). The van der Waals surface area contributed by atoms with Crippen LogP contribution < -0.4 is 10.3 Å². The fraction of sp³-hybridized carbons (Fsp3) is 0.450. The molecule has 5 heterocycles. The van der Waals surface area contributed by atoms with Crippen LogP contribution >= 0.6 is 0 Å². The molecule has 0 amide bonds. The summed E-state index contributed by atoms with van der Waals surface area (Å²) < 4.78 is 49.2. The number of rotatable bonds is 4. The van der Waals surface area contributed by atoms with Gasteiger partial charge in [0, 0.05) is 30.8 Å². The number of imidazole rings is 1. The molecule has 6 rings (SSSR count). The summed E-state index contributed by atoms with van der Waals surface area (Å²) in [5, 5.41) is 9.25. The van der Waals surface area contributed by atoms with E-state index >= 15 is 0 Å². The van der Waals surface area contributed by atoms with Gasteiger partial charge in [-0.2, -0.15) is 8.78 Å². The molecule has 162 valence electrons. The molecule has 2 N–H and O–H groups in total. The monoisotopic (exact) mass is 431 g/mol. The molecule has 2 aromatic rings. The second kappa shape index (κ2) is 6.71. The molecular weight excluding hydrogens is 411 g/mol. The highest BCUT2D eigenvalue weighted by Crippen LogP contribution is 2.47. The maximum Gasteiger partial charge on any atom is 0.326 e. The molecular formula is C20H20F3N7O. The van der Waals surface area contributed by atoms with Crippen LogP contribution in [0, 0.1) is 5.92 Å². The number of anilines is 1. The van der Waals surface area contributed by atoms with Gasteiger partial charge in [-0.25, -0.2) is 14.8 Å². The van der Waals surface area contributed by atoms with Gasteiger partial charge in [-0.3, -0.25) is 5.01 Å². The summed E-state index contributed by atoms with van der Waals surface area (Å²) in [7, 11) is 0. The van der Waals surface area contributed by atoms with Crippen molar-refractivity contribution >= 4 is 6.01 Å². The minimum absolute atomic E-state index is 0.0178. The average molecular weight is 431 g/mol. The molecule has 11 heteroatoms. The zero-order chi connectivity index (χ0) is 21.2. The number of nitrogens with zero attached hydrogens (tertiary/aromatic N) is 5. The molecule has 2 unspecified atom stereocenters. The van der Waals surface area contributed by atoms with E-state index < -0.39 is 23.8 Å². The Bertz CT molecular complexity index is 1100. The third-order valence-corrected chi connectivity index (χ3v) is 6.48. The Balaban J connectivity index is 1.35. The van der Waals surface area contributed by atoms with Gasteiger partial charge in [0.1, 0.15) is 5.83 Å². The maximum absolute atomic E-state index is 14.7. The number of nitrogens with one attached hydrogen (secondary N) is 2. The molecule has 3 aliphatic heterocycles. The minimum atomic E-state index is -3.14. The molecule has 1 saturated carbocycles. The number of H-pyrrole nitrogens is 1. The minimum Gasteiger partial charge on any atom is -0.401 e. The van der Waals surface area contributed by atoms with Crippen molar-refractivity contribution in [1.82, 2.24) is 30.6 Å². The second-order valence-electron chi connectivity index (χ2n) is 8.23. The smallest absolute Gasteiger partial charge is 0.326 e. The summed E-state index contributed by atoms with van der Waals surface area (Å²) in [5.74, 6) is -4.90. The molecule has 1 fully saturated rings. The highest BCUT2D eigenvalue weighted by molar-refractivity contribution is 5.43. The van der Waals surface area contributed by atoms with Crippen LogP contribution in [-0.4, -0.2) is 37.8 Å². The van der Waals surface area contributed by atoms with Crippen molar-refractivity contribution in [2.75, 3.05) is 11.4 Å². The summed E-state index contributed by atoms with van der Waals surface area (Å²) in [4.78, 5) is 9.35. The van der Waals surface area contributed by atoms with E-state index in [1.165, 1.54) is 6.08 Å². The molecule has 0 bridgehead atoms. The van der Waals surface area contributed by atoms with Crippen molar-refractivity contribution in [3.63, 3.8) is 0 Å². The first kappa shape index (κ1) is 18.7. The van der Waals surface area contributed by atoms with Crippen LogP contribution in [0.5, 0.6) is 0 Å². The van der Waals surface area contributed by atoms with E-state index in [1.807, 2.05) is 0 Å². The Labute approximate surface area is 175 Å². The van der Waals surface area contributed by atoms with Crippen LogP contribution in [0.1, 0.15) is 42.6 Å². The molecule has 4 aliphatic rings. The number of halogens is 3. The predicted molar refractivity (Wildman–Crippen MR) is 103 cm³/mol. The molecule has 0 saturated heterocycles. The fourth-order valence-corrected chi connectivity index (χ4v) is 4.59. The predicted octanol–water partition coefficient (Wildman–Crippen LogP) is 3.24. The van der Waals surface area contributed by atoms with E-state index in [4.69, 9.17) is 4.42 Å². The number of hydrazine groups is 1. The molecule has 0 spiro atoms. The van der Waals surface area contributed by atoms with E-state index in [0.29, 0.717) is 31.5 Å². The number of alkyl halides is 2. The summed E-state index contributed by atoms with van der Waals surface area (Å²) >= 11 is 0. The lowest BCUT2D eigenvalue weighted by Gasteiger charge is -2.37. The number of fused-ring (bicyclic) bond motifs is 2. The van der Waals surface area contributed by atoms with Crippen molar-refractivity contribution in [2.24, 2.45) is 5.92 Å². The number of aromatic nitrogens is 4. The van der Waals surface area contributed by atoms with Gasteiger partial charge in [0.25, 0.3) is 5.89 Å². The van der Waals surface area contributed by atoms with Crippen molar-refractivity contribution in [3.8, 4) is 0 Å². The van der Waals surface area contributed by atoms with Crippen molar-refractivity contribution in [3.05, 3.63) is 59.6 Å². The Kier molecular flexibility index (Phi) is 4.04. The van der Waals surface area contributed by atoms with E-state index in [-0.39, 0.29) is 17.9 Å². The van der Waals surface area contributed by atoms with Crippen LogP contribution in [0.25, 0.3) is 0 Å². The Morgan fingerprint density at radius 2 is 2.10 bits per heavy atom. The van der Waals surface area contributed by atoms with E-state index in [9.17, 15) is 13.2 Å². The summed E-state index contributed by atoms with van der Waals surface area (Å²) in [5.41, 5.74) is 5.31.